The average molecular weight is 279 g/mol. The van der Waals surface area contributed by atoms with Gasteiger partial charge in [0.1, 0.15) is 0 Å². The van der Waals surface area contributed by atoms with Crippen LogP contribution in [0.4, 0.5) is 4.79 Å². The molecule has 3 aliphatic rings. The van der Waals surface area contributed by atoms with E-state index in [2.05, 4.69) is 10.2 Å². The minimum absolute atomic E-state index is 0.178. The number of rotatable bonds is 3. The minimum atomic E-state index is 0.178. The number of likely N-dealkylation sites (tertiary alicyclic amines) is 2. The maximum absolute atomic E-state index is 12.2. The lowest BCUT2D eigenvalue weighted by molar-refractivity contribution is 0.190. The zero-order valence-electron chi connectivity index (χ0n) is 12.6. The molecule has 2 heterocycles. The lowest BCUT2D eigenvalue weighted by atomic mass is 10.1. The van der Waals surface area contributed by atoms with Crippen molar-refractivity contribution in [2.75, 3.05) is 32.7 Å². The molecule has 0 bridgehead atoms. The molecule has 0 spiro atoms. The van der Waals surface area contributed by atoms with Crippen LogP contribution >= 0.6 is 0 Å². The van der Waals surface area contributed by atoms with Gasteiger partial charge in [-0.3, -0.25) is 0 Å². The highest BCUT2D eigenvalue weighted by molar-refractivity contribution is 5.74. The molecule has 0 aromatic rings. The van der Waals surface area contributed by atoms with Gasteiger partial charge >= 0.3 is 6.03 Å². The lowest BCUT2D eigenvalue weighted by Gasteiger charge is -2.25. The van der Waals surface area contributed by atoms with Crippen LogP contribution in [0.25, 0.3) is 0 Å². The van der Waals surface area contributed by atoms with Gasteiger partial charge in [0.2, 0.25) is 0 Å². The molecule has 2 saturated heterocycles. The van der Waals surface area contributed by atoms with Crippen LogP contribution in [0.1, 0.15) is 51.4 Å². The number of nitrogens with one attached hydrogen (secondary N) is 1. The fraction of sp³-hybridized carbons (Fsp3) is 0.938. The van der Waals surface area contributed by atoms with Gasteiger partial charge in [0.25, 0.3) is 0 Å². The van der Waals surface area contributed by atoms with Crippen molar-refractivity contribution < 1.29 is 4.79 Å². The summed E-state index contributed by atoms with van der Waals surface area (Å²) in [6.07, 6.45) is 10.3. The monoisotopic (exact) mass is 279 g/mol. The van der Waals surface area contributed by atoms with Crippen molar-refractivity contribution in [2.45, 2.75) is 57.4 Å². The molecule has 4 heteroatoms. The molecule has 0 aromatic heterocycles. The molecule has 0 aromatic carbocycles. The van der Waals surface area contributed by atoms with E-state index in [-0.39, 0.29) is 6.03 Å². The van der Waals surface area contributed by atoms with E-state index in [0.717, 1.165) is 25.7 Å². The summed E-state index contributed by atoms with van der Waals surface area (Å²) in [4.78, 5) is 16.9. The summed E-state index contributed by atoms with van der Waals surface area (Å²) in [6, 6.07) is 1.06. The highest BCUT2D eigenvalue weighted by Gasteiger charge is 2.34. The van der Waals surface area contributed by atoms with Gasteiger partial charge < -0.3 is 15.1 Å². The Hall–Kier alpha value is -0.770. The van der Waals surface area contributed by atoms with Crippen LogP contribution in [0.5, 0.6) is 0 Å². The van der Waals surface area contributed by atoms with Crippen LogP contribution in [-0.2, 0) is 0 Å². The van der Waals surface area contributed by atoms with E-state index in [4.69, 9.17) is 0 Å². The van der Waals surface area contributed by atoms with Crippen molar-refractivity contribution >= 4 is 6.03 Å². The zero-order chi connectivity index (χ0) is 13.8. The molecule has 1 N–H and O–H groups in total. The largest absolute Gasteiger partial charge is 0.338 e. The summed E-state index contributed by atoms with van der Waals surface area (Å²) < 4.78 is 0. The molecule has 3 rings (SSSR count). The summed E-state index contributed by atoms with van der Waals surface area (Å²) in [6.45, 7) is 5.22. The van der Waals surface area contributed by atoms with Gasteiger partial charge in [-0.2, -0.15) is 0 Å². The first-order valence-corrected chi connectivity index (χ1v) is 8.60. The van der Waals surface area contributed by atoms with Crippen molar-refractivity contribution in [1.82, 2.24) is 15.1 Å². The Morgan fingerprint density at radius 2 is 1.65 bits per heavy atom. The van der Waals surface area contributed by atoms with Crippen molar-refractivity contribution in [3.05, 3.63) is 0 Å². The summed E-state index contributed by atoms with van der Waals surface area (Å²) >= 11 is 0. The van der Waals surface area contributed by atoms with Gasteiger partial charge in [-0.25, -0.2) is 4.79 Å². The molecular weight excluding hydrogens is 250 g/mol. The van der Waals surface area contributed by atoms with Crippen LogP contribution in [0, 0.1) is 5.92 Å². The molecule has 1 unspecified atom stereocenters. The van der Waals surface area contributed by atoms with E-state index in [1.54, 1.807) is 0 Å². The fourth-order valence-corrected chi connectivity index (χ4v) is 3.59. The zero-order valence-corrected chi connectivity index (χ0v) is 12.6. The average Bonchev–Trinajstić information content (AvgIpc) is 3.15. The Balaban J connectivity index is 1.37. The van der Waals surface area contributed by atoms with Gasteiger partial charge in [-0.15, -0.1) is 0 Å². The number of amides is 2. The van der Waals surface area contributed by atoms with E-state index >= 15 is 0 Å². The number of carbonyl (C=O) groups excluding carboxylic acids is 1. The first-order valence-electron chi connectivity index (χ1n) is 8.60. The Morgan fingerprint density at radius 3 is 2.35 bits per heavy atom. The number of hydrogen-bond donors (Lipinski definition) is 1. The molecule has 20 heavy (non-hydrogen) atoms. The normalized spacial score (nSPS) is 29.0. The molecule has 3 fully saturated rings. The smallest absolute Gasteiger partial charge is 0.317 e. The van der Waals surface area contributed by atoms with Crippen molar-refractivity contribution in [3.63, 3.8) is 0 Å². The maximum atomic E-state index is 12.2. The summed E-state index contributed by atoms with van der Waals surface area (Å²) in [7, 11) is 0. The highest BCUT2D eigenvalue weighted by Crippen LogP contribution is 2.31. The molecule has 1 aliphatic carbocycles. The van der Waals surface area contributed by atoms with Crippen LogP contribution in [-0.4, -0.2) is 54.6 Å². The van der Waals surface area contributed by atoms with E-state index in [1.165, 1.54) is 64.5 Å². The van der Waals surface area contributed by atoms with Gasteiger partial charge in [0.05, 0.1) is 0 Å². The van der Waals surface area contributed by atoms with Crippen molar-refractivity contribution in [1.29, 1.82) is 0 Å². The van der Waals surface area contributed by atoms with Crippen molar-refractivity contribution in [2.24, 2.45) is 5.92 Å². The molecule has 114 valence electrons. The number of urea groups is 1. The number of nitrogens with zero attached hydrogens (tertiary/aromatic N) is 2. The second-order valence-corrected chi connectivity index (χ2v) is 6.82. The second kappa shape index (κ2) is 6.79. The third-order valence-corrected chi connectivity index (χ3v) is 5.07. The van der Waals surface area contributed by atoms with E-state index < -0.39 is 0 Å². The van der Waals surface area contributed by atoms with Crippen LogP contribution in [0.3, 0.4) is 0 Å². The number of carbonyl (C=O) groups is 1. The van der Waals surface area contributed by atoms with E-state index in [9.17, 15) is 4.79 Å². The predicted octanol–water partition coefficient (Wildman–Crippen LogP) is 2.45. The Morgan fingerprint density at radius 1 is 0.950 bits per heavy atom. The summed E-state index contributed by atoms with van der Waals surface area (Å²) in [5, 5.41) is 3.18. The first-order chi connectivity index (χ1) is 9.83. The van der Waals surface area contributed by atoms with E-state index in [0.29, 0.717) is 5.92 Å². The van der Waals surface area contributed by atoms with Crippen molar-refractivity contribution in [3.8, 4) is 0 Å². The fourth-order valence-electron chi connectivity index (χ4n) is 3.59. The van der Waals surface area contributed by atoms with E-state index in [1.807, 2.05) is 4.90 Å². The molecule has 1 saturated carbocycles. The standard InChI is InChI=1S/C16H29N3O/c20-16(18-9-4-2-1-3-5-10-18)17-12-14-8-11-19(13-14)15-6-7-15/h14-15H,1-13H2,(H,17,20). The molecule has 2 aliphatic heterocycles. The third kappa shape index (κ3) is 3.87. The van der Waals surface area contributed by atoms with Crippen LogP contribution in [0.15, 0.2) is 0 Å². The molecular formula is C16H29N3O. The minimum Gasteiger partial charge on any atom is -0.338 e. The maximum Gasteiger partial charge on any atom is 0.317 e. The topological polar surface area (TPSA) is 35.6 Å². The molecule has 1 atom stereocenters. The number of hydrogen-bond acceptors (Lipinski definition) is 2. The molecule has 2 amide bonds. The first kappa shape index (κ1) is 14.2. The Kier molecular flexibility index (Phi) is 4.81. The Bertz CT molecular complexity index is 322. The van der Waals surface area contributed by atoms with Gasteiger partial charge in [-0.1, -0.05) is 19.3 Å². The summed E-state index contributed by atoms with van der Waals surface area (Å²) in [5.74, 6) is 0.675. The predicted molar refractivity (Wildman–Crippen MR) is 80.8 cm³/mol. The quantitative estimate of drug-likeness (QED) is 0.861. The SMILES string of the molecule is O=C(NCC1CCN(C2CC2)C1)N1CCCCCCC1. The van der Waals surface area contributed by atoms with Gasteiger partial charge in [0.15, 0.2) is 0 Å². The van der Waals surface area contributed by atoms with Crippen LogP contribution in [0.2, 0.25) is 0 Å². The van der Waals surface area contributed by atoms with Gasteiger partial charge in [-0.05, 0) is 44.6 Å². The van der Waals surface area contributed by atoms with Gasteiger partial charge in [0, 0.05) is 32.2 Å². The van der Waals surface area contributed by atoms with Crippen LogP contribution < -0.4 is 5.32 Å². The summed E-state index contributed by atoms with van der Waals surface area (Å²) in [5.41, 5.74) is 0. The Labute approximate surface area is 122 Å². The molecule has 4 nitrogen and oxygen atoms in total. The highest BCUT2D eigenvalue weighted by atomic mass is 16.2. The molecule has 0 radical (unpaired) electrons. The third-order valence-electron chi connectivity index (χ3n) is 5.07. The second-order valence-electron chi connectivity index (χ2n) is 6.82. The lowest BCUT2D eigenvalue weighted by Crippen LogP contribution is -2.43.